The third kappa shape index (κ3) is 5.02. The van der Waals surface area contributed by atoms with Crippen molar-refractivity contribution in [1.29, 1.82) is 0 Å². The molecule has 0 saturated carbocycles. The Bertz CT molecular complexity index is 1430. The Morgan fingerprint density at radius 3 is 2.47 bits per heavy atom. The number of rotatable bonds is 5. The summed E-state index contributed by atoms with van der Waals surface area (Å²) in [5.41, 5.74) is -1.03. The Labute approximate surface area is 193 Å². The first-order chi connectivity index (χ1) is 16.1. The molecule has 4 rings (SSSR count). The summed E-state index contributed by atoms with van der Waals surface area (Å²) >= 11 is 5.57. The van der Waals surface area contributed by atoms with Crippen molar-refractivity contribution in [1.82, 2.24) is 20.2 Å². The molecular weight excluding hydrogens is 479 g/mol. The fourth-order valence-electron chi connectivity index (χ4n) is 2.82. The van der Waals surface area contributed by atoms with Gasteiger partial charge in [-0.15, -0.1) is 10.2 Å². The van der Waals surface area contributed by atoms with Crippen LogP contribution in [0.25, 0.3) is 11.0 Å². The molecule has 0 aliphatic carbocycles. The second-order valence-electron chi connectivity index (χ2n) is 6.72. The Hall–Kier alpha value is -4.32. The number of benzene rings is 2. The monoisotopic (exact) mass is 489 g/mol. The van der Waals surface area contributed by atoms with Gasteiger partial charge in [0.05, 0.1) is 16.1 Å². The smallest absolute Gasteiger partial charge is 0.417 e. The molecule has 172 valence electrons. The molecule has 2 N–H and O–H groups in total. The Balaban J connectivity index is 1.53. The van der Waals surface area contributed by atoms with Crippen molar-refractivity contribution < 1.29 is 32.6 Å². The summed E-state index contributed by atoms with van der Waals surface area (Å²) in [4.78, 5) is 31.2. The van der Waals surface area contributed by atoms with Gasteiger partial charge in [-0.3, -0.25) is 10.1 Å². The molecule has 2 heterocycles. The maximum atomic E-state index is 13.0. The number of halogens is 4. The van der Waals surface area contributed by atoms with Crippen molar-refractivity contribution in [3.05, 3.63) is 76.6 Å². The van der Waals surface area contributed by atoms with Gasteiger partial charge in [-0.05, 0) is 36.4 Å². The van der Waals surface area contributed by atoms with Gasteiger partial charge in [0.15, 0.2) is 5.69 Å². The molecule has 0 fully saturated rings. The number of aromatic nitrogens is 4. The van der Waals surface area contributed by atoms with Gasteiger partial charge < -0.3 is 9.84 Å². The average Bonchev–Trinajstić information content (AvgIpc) is 2.78. The van der Waals surface area contributed by atoms with Crippen LogP contribution in [0.15, 0.2) is 54.7 Å². The van der Waals surface area contributed by atoms with Crippen LogP contribution < -0.4 is 10.1 Å². The van der Waals surface area contributed by atoms with E-state index in [1.54, 1.807) is 0 Å². The first kappa shape index (κ1) is 22.9. The van der Waals surface area contributed by atoms with Gasteiger partial charge in [0.1, 0.15) is 17.0 Å². The molecule has 4 aromatic rings. The number of anilines is 1. The molecule has 0 bridgehead atoms. The van der Waals surface area contributed by atoms with Crippen LogP contribution in [0.2, 0.25) is 5.02 Å². The number of carboxylic acid groups (broad SMARTS) is 1. The lowest BCUT2D eigenvalue weighted by atomic mass is 10.1. The van der Waals surface area contributed by atoms with E-state index in [2.05, 4.69) is 25.5 Å². The normalized spacial score (nSPS) is 11.3. The van der Waals surface area contributed by atoms with Gasteiger partial charge in [-0.1, -0.05) is 11.6 Å². The molecule has 13 heteroatoms. The Morgan fingerprint density at radius 2 is 1.74 bits per heavy atom. The van der Waals surface area contributed by atoms with E-state index in [1.165, 1.54) is 36.5 Å². The van der Waals surface area contributed by atoms with Gasteiger partial charge in [-0.2, -0.15) is 13.2 Å². The summed E-state index contributed by atoms with van der Waals surface area (Å²) in [5.74, 6) is -1.77. The second kappa shape index (κ2) is 8.90. The highest BCUT2D eigenvalue weighted by Gasteiger charge is 2.33. The number of nitrogens with one attached hydrogen (secondary N) is 1. The van der Waals surface area contributed by atoms with Crippen molar-refractivity contribution in [2.45, 2.75) is 6.18 Å². The molecule has 0 saturated heterocycles. The van der Waals surface area contributed by atoms with Crippen molar-refractivity contribution in [3.63, 3.8) is 0 Å². The molecule has 34 heavy (non-hydrogen) atoms. The third-order valence-corrected chi connectivity index (χ3v) is 4.70. The fraction of sp³-hybridized carbons (Fsp3) is 0.0476. The number of carbonyl (C=O) groups is 2. The van der Waals surface area contributed by atoms with Crippen molar-refractivity contribution in [3.8, 4) is 11.5 Å². The van der Waals surface area contributed by atoms with Gasteiger partial charge in [0, 0.05) is 23.9 Å². The zero-order chi connectivity index (χ0) is 24.5. The molecule has 2 aromatic carbocycles. The molecule has 9 nitrogen and oxygen atoms in total. The summed E-state index contributed by atoms with van der Waals surface area (Å²) in [6.07, 6.45) is -3.44. The molecule has 1 amide bonds. The highest BCUT2D eigenvalue weighted by atomic mass is 35.5. The van der Waals surface area contributed by atoms with Gasteiger partial charge in [0.25, 0.3) is 5.91 Å². The van der Waals surface area contributed by atoms with E-state index in [0.717, 1.165) is 12.1 Å². The quantitative estimate of drug-likeness (QED) is 0.408. The third-order valence-electron chi connectivity index (χ3n) is 4.37. The first-order valence-corrected chi connectivity index (χ1v) is 9.68. The minimum atomic E-state index is -4.72. The predicted molar refractivity (Wildman–Crippen MR) is 113 cm³/mol. The molecular formula is C21H11ClF3N5O4. The number of nitrogens with zero attached hydrogens (tertiary/aromatic N) is 4. The average molecular weight is 490 g/mol. The summed E-state index contributed by atoms with van der Waals surface area (Å²) in [6.45, 7) is 0. The number of hydrogen-bond acceptors (Lipinski definition) is 7. The second-order valence-corrected chi connectivity index (χ2v) is 7.12. The highest BCUT2D eigenvalue weighted by Crippen LogP contribution is 2.35. The van der Waals surface area contributed by atoms with E-state index in [-0.39, 0.29) is 28.5 Å². The highest BCUT2D eigenvalue weighted by molar-refractivity contribution is 6.31. The van der Waals surface area contributed by atoms with E-state index in [0.29, 0.717) is 17.3 Å². The summed E-state index contributed by atoms with van der Waals surface area (Å²) < 4.78 is 44.7. The first-order valence-electron chi connectivity index (χ1n) is 9.30. The number of aromatic carboxylic acids is 1. The number of ether oxygens (including phenoxy) is 1. The molecule has 0 aliphatic heterocycles. The number of amides is 1. The summed E-state index contributed by atoms with van der Waals surface area (Å²) in [5, 5.41) is 18.5. The molecule has 2 aromatic heterocycles. The number of carboxylic acids is 1. The van der Waals surface area contributed by atoms with E-state index in [9.17, 15) is 22.8 Å². The Kier molecular flexibility index (Phi) is 5.99. The van der Waals surface area contributed by atoms with Crippen molar-refractivity contribution in [2.75, 3.05) is 5.32 Å². The van der Waals surface area contributed by atoms with E-state index in [4.69, 9.17) is 21.4 Å². The number of fused-ring (bicyclic) bond motifs is 1. The topological polar surface area (TPSA) is 127 Å². The number of alkyl halides is 3. The maximum absolute atomic E-state index is 13.0. The van der Waals surface area contributed by atoms with Crippen LogP contribution in [0.3, 0.4) is 0 Å². The van der Waals surface area contributed by atoms with E-state index >= 15 is 0 Å². The minimum absolute atomic E-state index is 0.192. The van der Waals surface area contributed by atoms with Crippen molar-refractivity contribution in [2.24, 2.45) is 0 Å². The van der Waals surface area contributed by atoms with Crippen LogP contribution in [-0.2, 0) is 6.18 Å². The van der Waals surface area contributed by atoms with Crippen LogP contribution in [0, 0.1) is 0 Å². The van der Waals surface area contributed by atoms with E-state index in [1.807, 2.05) is 0 Å². The van der Waals surface area contributed by atoms with Crippen molar-refractivity contribution >= 4 is 40.5 Å². The number of pyridine rings is 1. The molecule has 0 aliphatic rings. The molecule has 0 atom stereocenters. The zero-order valence-electron chi connectivity index (χ0n) is 16.7. The van der Waals surface area contributed by atoms with Gasteiger partial charge in [0.2, 0.25) is 5.95 Å². The summed E-state index contributed by atoms with van der Waals surface area (Å²) in [6, 6.07) is 9.98. The van der Waals surface area contributed by atoms with E-state index < -0.39 is 28.6 Å². The van der Waals surface area contributed by atoms with Crippen LogP contribution in [-0.4, -0.2) is 37.1 Å². The molecule has 0 spiro atoms. The lowest BCUT2D eigenvalue weighted by Gasteiger charge is -2.11. The Morgan fingerprint density at radius 1 is 0.971 bits per heavy atom. The lowest BCUT2D eigenvalue weighted by Crippen LogP contribution is -2.16. The largest absolute Gasteiger partial charge is 0.477 e. The number of carbonyl (C=O) groups excluding carboxylic acids is 1. The van der Waals surface area contributed by atoms with Gasteiger partial charge in [-0.25, -0.2) is 14.8 Å². The summed E-state index contributed by atoms with van der Waals surface area (Å²) in [7, 11) is 0. The van der Waals surface area contributed by atoms with Crippen LogP contribution in [0.5, 0.6) is 11.5 Å². The standard InChI is InChI=1S/C21H11ClF3N5O4/c22-14-3-1-10(7-13(14)21(23,24)25)18(31)28-20-27-15-4-2-11(8-16(15)29-30-20)34-12-5-6-26-17(9-12)19(32)33/h1-9H,(H,32,33)(H,27,28,30,31). The number of hydrogen-bond donors (Lipinski definition) is 2. The van der Waals surface area contributed by atoms with Crippen LogP contribution in [0.1, 0.15) is 26.4 Å². The predicted octanol–water partition coefficient (Wildman–Crippen LogP) is 4.83. The lowest BCUT2D eigenvalue weighted by molar-refractivity contribution is -0.137. The van der Waals surface area contributed by atoms with Gasteiger partial charge >= 0.3 is 12.1 Å². The van der Waals surface area contributed by atoms with Crippen LogP contribution in [0.4, 0.5) is 19.1 Å². The SMILES string of the molecule is O=C(Nc1nnc2cc(Oc3ccnc(C(=O)O)c3)ccc2n1)c1ccc(Cl)c(C(F)(F)F)c1. The zero-order valence-corrected chi connectivity index (χ0v) is 17.4. The van der Waals surface area contributed by atoms with Crippen LogP contribution >= 0.6 is 11.6 Å². The molecule has 0 unspecified atom stereocenters. The maximum Gasteiger partial charge on any atom is 0.417 e. The molecule has 0 radical (unpaired) electrons. The fourth-order valence-corrected chi connectivity index (χ4v) is 3.04. The minimum Gasteiger partial charge on any atom is -0.477 e.